The maximum absolute atomic E-state index is 14.7. The van der Waals surface area contributed by atoms with Crippen LogP contribution in [-0.2, 0) is 19.2 Å². The molecule has 16 rings (SSSR count). The summed E-state index contributed by atoms with van der Waals surface area (Å²) in [6, 6.07) is 5.41. The smallest absolute Gasteiger partial charge is 0.358 e. The lowest BCUT2D eigenvalue weighted by Crippen LogP contribution is -2.51. The maximum Gasteiger partial charge on any atom is 0.405 e. The van der Waals surface area contributed by atoms with Crippen LogP contribution in [0.25, 0.3) is 89.7 Å². The number of aromatic amines is 4. The van der Waals surface area contributed by atoms with Crippen LogP contribution in [0, 0.1) is 29.3 Å². The molecule has 121 heavy (non-hydrogen) atoms. The Labute approximate surface area is 704 Å². The summed E-state index contributed by atoms with van der Waals surface area (Å²) in [5.74, 6) is -4.70. The number of nitrogens with one attached hydrogen (secondary N) is 11. The second-order valence-corrected chi connectivity index (χ2v) is 30.1. The number of carbonyl (C=O) groups excluding carboxylic acids is 4. The van der Waals surface area contributed by atoms with Crippen LogP contribution >= 0.6 is 46.4 Å². The Morgan fingerprint density at radius 3 is 1.28 bits per heavy atom. The lowest BCUT2D eigenvalue weighted by Gasteiger charge is -2.35. The van der Waals surface area contributed by atoms with Crippen LogP contribution in [-0.4, -0.2) is 184 Å². The Kier molecular flexibility index (Phi) is 26.1. The highest BCUT2D eigenvalue weighted by Crippen LogP contribution is 2.42. The van der Waals surface area contributed by atoms with Crippen molar-refractivity contribution in [2.24, 2.45) is 11.8 Å². The second-order valence-electron chi connectivity index (χ2n) is 28.4. The fourth-order valence-corrected chi connectivity index (χ4v) is 13.4. The van der Waals surface area contributed by atoms with Crippen molar-refractivity contribution >= 4 is 137 Å². The molecule has 28 nitrogen and oxygen atoms in total. The van der Waals surface area contributed by atoms with Crippen molar-refractivity contribution in [3.63, 3.8) is 0 Å². The Bertz CT molecular complexity index is 5830. The number of aromatic nitrogens is 16. The Morgan fingerprint density at radius 1 is 0.463 bits per heavy atom. The van der Waals surface area contributed by atoms with Crippen molar-refractivity contribution < 1.29 is 96.4 Å². The summed E-state index contributed by atoms with van der Waals surface area (Å²) >= 11 is 24.0. The minimum Gasteiger partial charge on any atom is -0.358 e. The van der Waals surface area contributed by atoms with Gasteiger partial charge >= 0.3 is 24.7 Å². The van der Waals surface area contributed by atoms with Gasteiger partial charge in [-0.3, -0.25) is 19.2 Å². The molecule has 0 aromatic carbocycles. The van der Waals surface area contributed by atoms with Crippen LogP contribution in [0.15, 0.2) is 105 Å². The number of rotatable bonds is 23. The number of piperidine rings is 1. The van der Waals surface area contributed by atoms with Crippen molar-refractivity contribution in [2.75, 3.05) is 53.6 Å². The number of fused-ring (bicyclic) bond motifs is 4. The zero-order valence-electron chi connectivity index (χ0n) is 62.1. The second kappa shape index (κ2) is 36.3. The Morgan fingerprint density at radius 2 is 0.851 bits per heavy atom. The highest BCUT2D eigenvalue weighted by Gasteiger charge is 2.52. The molecule has 3 atom stereocenters. The number of carbonyl (C=O) groups is 4. The van der Waals surface area contributed by atoms with E-state index >= 15 is 0 Å². The topological polar surface area (TPSA) is 374 Å². The van der Waals surface area contributed by atoms with E-state index in [2.05, 4.69) is 95.7 Å². The van der Waals surface area contributed by atoms with Crippen molar-refractivity contribution in [1.82, 2.24) is 101 Å². The predicted molar refractivity (Wildman–Crippen MR) is 432 cm³/mol. The summed E-state index contributed by atoms with van der Waals surface area (Å²) in [4.78, 5) is 112. The third-order valence-corrected chi connectivity index (χ3v) is 19.9. The standard InChI is InChI=1S/2C19H17ClF4N6O.C19H18ClF3N6O.C17H13ClF4N6O.8H2/c20-10-4-11-12(6-26-15(11)25-5-10)16-27-7-13(21)17(30-16)29-14(3-9-1-2-9)18(31)28-8-19(22,23)24;20-10-5-11-12(7-26-15(11)25-6-10)16-27-8-13(21)17(29-16)30-4-2-1-3-14(30)18(31)28-9-19(22,23)24;20-11-6-12-13(8-26-16(12)25-7-11)17-24-4-3-15(29-17)28-14(5-10-1-2-10)18(30)27-9-19(21,22)23;18-8-3-9-10(5-24-12(9)23-4-8)13-25-6-11(19)14(27-13)28-16(1-2-16)15(29)26-7-17(20,21)22;;;;;;;;/h4-7,9,14H,1-3,8H2,(H,25,26)(H,28,31)(H,27,29,30);5-8,14H,1-4,9H2,(H,25,26)(H,28,31);3-4,6-8,10,14H,1-2,5,9H2,(H,25,26)(H,27,30)(H,24,28,29);3-6H,1-2,7H2,(H,23,24)(H,26,29)(H,25,27,28);8*1H/t3*14-;;;;;;;;;/m111........./s1. The number of H-pyrrole nitrogens is 4. The largest absolute Gasteiger partial charge is 0.405 e. The zero-order chi connectivity index (χ0) is 86.5. The van der Waals surface area contributed by atoms with Gasteiger partial charge in [-0.05, 0) is 87.1 Å². The number of amides is 4. The van der Waals surface area contributed by atoms with Gasteiger partial charge in [0.2, 0.25) is 23.6 Å². The van der Waals surface area contributed by atoms with Crippen LogP contribution in [0.5, 0.6) is 0 Å². The average molecular weight is 1800 g/mol. The van der Waals surface area contributed by atoms with Gasteiger partial charge in [0.05, 0.1) is 38.7 Å². The quantitative estimate of drug-likeness (QED) is 0.0265. The number of hydrogen-bond donors (Lipinski definition) is 11. The maximum atomic E-state index is 14.7. The summed E-state index contributed by atoms with van der Waals surface area (Å²) < 4.78 is 193. The van der Waals surface area contributed by atoms with Crippen LogP contribution in [0.4, 0.5) is 89.1 Å². The molecule has 1 saturated heterocycles. The van der Waals surface area contributed by atoms with E-state index in [1.165, 1.54) is 35.9 Å². The minimum absolute atomic E-state index is 0. The van der Waals surface area contributed by atoms with Crippen molar-refractivity contribution in [2.45, 2.75) is 119 Å². The first-order valence-corrected chi connectivity index (χ1v) is 38.3. The van der Waals surface area contributed by atoms with Gasteiger partial charge in [-0.2, -0.15) is 52.7 Å². The fourth-order valence-electron chi connectivity index (χ4n) is 12.8. The zero-order valence-corrected chi connectivity index (χ0v) is 65.2. The highest BCUT2D eigenvalue weighted by molar-refractivity contribution is 6.32. The molecule has 3 aliphatic carbocycles. The van der Waals surface area contributed by atoms with E-state index in [0.717, 1.165) is 49.7 Å². The molecule has 12 aromatic heterocycles. The fraction of sp³-hybridized carbons (Fsp3) is 0.351. The van der Waals surface area contributed by atoms with E-state index in [4.69, 9.17) is 46.4 Å². The number of pyridine rings is 4. The van der Waals surface area contributed by atoms with Crippen molar-refractivity contribution in [1.29, 1.82) is 0 Å². The molecule has 47 heteroatoms. The molecule has 3 saturated carbocycles. The van der Waals surface area contributed by atoms with E-state index in [1.807, 2.05) is 21.3 Å². The van der Waals surface area contributed by atoms with Crippen molar-refractivity contribution in [3.8, 4) is 45.6 Å². The molecule has 0 unspecified atom stereocenters. The third kappa shape index (κ3) is 23.1. The first-order chi connectivity index (χ1) is 57.4. The van der Waals surface area contributed by atoms with Gasteiger partial charge in [-0.25, -0.2) is 73.0 Å². The van der Waals surface area contributed by atoms with Crippen LogP contribution in [0.1, 0.15) is 82.0 Å². The lowest BCUT2D eigenvalue weighted by molar-refractivity contribution is -0.139. The molecular weight excluding hydrogens is 1720 g/mol. The van der Waals surface area contributed by atoms with Gasteiger partial charge in [-0.15, -0.1) is 0 Å². The highest BCUT2D eigenvalue weighted by atomic mass is 35.5. The number of nitrogens with zero attached hydrogens (tertiary/aromatic N) is 13. The van der Waals surface area contributed by atoms with E-state index in [0.29, 0.717) is 118 Å². The van der Waals surface area contributed by atoms with Gasteiger partial charge in [0.25, 0.3) is 0 Å². The molecular formula is C74H81Cl4F15N24O4. The molecule has 4 fully saturated rings. The summed E-state index contributed by atoms with van der Waals surface area (Å²) in [5.41, 5.74) is 3.09. The van der Waals surface area contributed by atoms with Crippen LogP contribution < -0.4 is 42.1 Å². The predicted octanol–water partition coefficient (Wildman–Crippen LogP) is 17.3. The lowest BCUT2D eigenvalue weighted by atomic mass is 10.0. The Balaban J connectivity index is 0.000000299. The van der Waals surface area contributed by atoms with Crippen LogP contribution in [0.3, 0.4) is 0 Å². The normalized spacial score (nSPS) is 15.7. The summed E-state index contributed by atoms with van der Waals surface area (Å²) in [5, 5.41) is 20.0. The van der Waals surface area contributed by atoms with E-state index in [-0.39, 0.29) is 84.5 Å². The molecule has 13 heterocycles. The SMILES string of the molecule is O=C(NCC(F)(F)F)C1(Nc2nc(-c3c[nH]c4ncc(Cl)cc34)ncc2F)CC1.O=C(NCC(F)(F)F)[C@@H](CC1CC1)Nc1ccnc(-c2c[nH]c3ncc(Cl)cc23)n1.O=C(NCC(F)(F)F)[C@@H](CC1CC1)Nc1nc(-c2c[nH]c3ncc(Cl)cc23)ncc1F.O=C(NCC(F)(F)F)[C@H]1CCCCN1c1nc(-c2c[nH]c3ncc(Cl)cc23)ncc1F.[HH].[HH].[HH].[HH].[HH].[HH].[HH].[HH]. The van der Waals surface area contributed by atoms with Crippen LogP contribution in [0.2, 0.25) is 20.1 Å². The molecule has 1 aliphatic heterocycles. The average Bonchev–Trinajstić information content (AvgIpc) is 1.64. The first-order valence-electron chi connectivity index (χ1n) is 36.8. The molecule has 654 valence electrons. The summed E-state index contributed by atoms with van der Waals surface area (Å²) in [7, 11) is 0. The number of alkyl halides is 12. The monoisotopic (exact) mass is 1790 g/mol. The molecule has 0 spiro atoms. The molecule has 4 amide bonds. The van der Waals surface area contributed by atoms with Gasteiger partial charge in [-0.1, -0.05) is 72.1 Å². The Hall–Kier alpha value is -11.7. The number of hydrogen-bond acceptors (Lipinski definition) is 20. The number of halogens is 19. The van der Waals surface area contributed by atoms with Gasteiger partial charge in [0.1, 0.15) is 78.3 Å². The van der Waals surface area contributed by atoms with Gasteiger partial charge in [0, 0.05) is 118 Å². The minimum atomic E-state index is -4.54. The van der Waals surface area contributed by atoms with Gasteiger partial charge < -0.3 is 62.1 Å². The first kappa shape index (κ1) is 87.1. The molecule has 11 N–H and O–H groups in total. The third-order valence-electron chi connectivity index (χ3n) is 19.1. The van der Waals surface area contributed by atoms with E-state index in [9.17, 15) is 85.0 Å². The summed E-state index contributed by atoms with van der Waals surface area (Å²) in [6.07, 6.45) is 5.09. The van der Waals surface area contributed by atoms with E-state index < -0.39 is 116 Å². The van der Waals surface area contributed by atoms with Crippen molar-refractivity contribution in [3.05, 3.63) is 142 Å². The number of anilines is 4. The van der Waals surface area contributed by atoms with E-state index in [1.54, 1.807) is 55.1 Å². The molecule has 0 radical (unpaired) electrons. The molecule has 12 aromatic rings. The summed E-state index contributed by atoms with van der Waals surface area (Å²) in [6.45, 7) is -5.46. The molecule has 4 aliphatic rings. The van der Waals surface area contributed by atoms with Gasteiger partial charge in [0.15, 0.2) is 58.2 Å². The molecule has 0 bridgehead atoms.